The molecule has 0 unspecified atom stereocenters. The van der Waals surface area contributed by atoms with Gasteiger partial charge < -0.3 is 20.5 Å². The molecule has 1 saturated heterocycles. The molecule has 20 heavy (non-hydrogen) atoms. The summed E-state index contributed by atoms with van der Waals surface area (Å²) in [6.45, 7) is 5.03. The van der Waals surface area contributed by atoms with Crippen LogP contribution in [0.3, 0.4) is 0 Å². The molecule has 1 aliphatic heterocycles. The summed E-state index contributed by atoms with van der Waals surface area (Å²) in [5.74, 6) is -0.327. The van der Waals surface area contributed by atoms with Crippen molar-refractivity contribution in [3.05, 3.63) is 0 Å². The summed E-state index contributed by atoms with van der Waals surface area (Å²) in [6.07, 6.45) is 3.16. The van der Waals surface area contributed by atoms with Gasteiger partial charge in [-0.1, -0.05) is 0 Å². The Hall–Kier alpha value is -1.30. The van der Waals surface area contributed by atoms with Crippen molar-refractivity contribution in [3.63, 3.8) is 0 Å². The summed E-state index contributed by atoms with van der Waals surface area (Å²) in [4.78, 5) is 23.4. The highest BCUT2D eigenvalue weighted by molar-refractivity contribution is 5.78. The van der Waals surface area contributed by atoms with Crippen LogP contribution in [-0.2, 0) is 9.53 Å². The largest absolute Gasteiger partial charge is 0.481 e. The Labute approximate surface area is 119 Å². The SMILES string of the molecule is CC(C)(NC(=O)NCC1(C(=O)O)CCOCC1)C1CC1. The molecule has 3 N–H and O–H groups in total. The third kappa shape index (κ3) is 3.42. The summed E-state index contributed by atoms with van der Waals surface area (Å²) in [5, 5.41) is 15.1. The Morgan fingerprint density at radius 3 is 2.40 bits per heavy atom. The van der Waals surface area contributed by atoms with Crippen LogP contribution in [0.5, 0.6) is 0 Å². The topological polar surface area (TPSA) is 87.7 Å². The molecule has 2 rings (SSSR count). The van der Waals surface area contributed by atoms with Crippen molar-refractivity contribution in [2.24, 2.45) is 11.3 Å². The molecule has 0 atom stereocenters. The van der Waals surface area contributed by atoms with Gasteiger partial charge in [-0.3, -0.25) is 4.79 Å². The van der Waals surface area contributed by atoms with Gasteiger partial charge in [0.25, 0.3) is 0 Å². The van der Waals surface area contributed by atoms with E-state index in [9.17, 15) is 14.7 Å². The minimum Gasteiger partial charge on any atom is -0.481 e. The molecule has 2 aliphatic rings. The molecular formula is C14H24N2O4. The van der Waals surface area contributed by atoms with E-state index >= 15 is 0 Å². The minimum atomic E-state index is -0.890. The second-order valence-electron chi connectivity index (χ2n) is 6.50. The van der Waals surface area contributed by atoms with Crippen molar-refractivity contribution < 1.29 is 19.4 Å². The van der Waals surface area contributed by atoms with Crippen molar-refractivity contribution in [2.75, 3.05) is 19.8 Å². The first kappa shape index (κ1) is 15.1. The second-order valence-corrected chi connectivity index (χ2v) is 6.50. The number of amides is 2. The normalized spacial score (nSPS) is 22.1. The van der Waals surface area contributed by atoms with Crippen LogP contribution in [0, 0.1) is 11.3 Å². The zero-order valence-electron chi connectivity index (χ0n) is 12.2. The van der Waals surface area contributed by atoms with Gasteiger partial charge in [0.05, 0.1) is 5.41 Å². The maximum Gasteiger partial charge on any atom is 0.315 e. The van der Waals surface area contributed by atoms with E-state index < -0.39 is 11.4 Å². The van der Waals surface area contributed by atoms with Gasteiger partial charge in [0.15, 0.2) is 0 Å². The number of carboxylic acid groups (broad SMARTS) is 1. The fourth-order valence-corrected chi connectivity index (χ4v) is 2.72. The van der Waals surface area contributed by atoms with Crippen LogP contribution in [0.4, 0.5) is 4.79 Å². The van der Waals surface area contributed by atoms with Crippen LogP contribution in [-0.4, -0.2) is 42.4 Å². The maximum atomic E-state index is 12.0. The van der Waals surface area contributed by atoms with Gasteiger partial charge in [-0.25, -0.2) is 4.79 Å². The average molecular weight is 284 g/mol. The van der Waals surface area contributed by atoms with E-state index in [0.29, 0.717) is 32.0 Å². The highest BCUT2D eigenvalue weighted by Crippen LogP contribution is 2.39. The van der Waals surface area contributed by atoms with E-state index in [4.69, 9.17) is 4.74 Å². The number of carboxylic acids is 1. The number of hydrogen-bond acceptors (Lipinski definition) is 3. The molecule has 6 nitrogen and oxygen atoms in total. The van der Waals surface area contributed by atoms with Crippen LogP contribution in [0.25, 0.3) is 0 Å². The van der Waals surface area contributed by atoms with Crippen molar-refractivity contribution in [1.29, 1.82) is 0 Å². The zero-order chi connectivity index (χ0) is 14.8. The zero-order valence-corrected chi connectivity index (χ0v) is 12.2. The molecule has 1 heterocycles. The van der Waals surface area contributed by atoms with Crippen LogP contribution < -0.4 is 10.6 Å². The third-order valence-electron chi connectivity index (χ3n) is 4.52. The number of nitrogens with one attached hydrogen (secondary N) is 2. The Morgan fingerprint density at radius 2 is 1.90 bits per heavy atom. The van der Waals surface area contributed by atoms with Gasteiger partial charge in [-0.2, -0.15) is 0 Å². The monoisotopic (exact) mass is 284 g/mol. The Kier molecular flexibility index (Phi) is 4.22. The van der Waals surface area contributed by atoms with Gasteiger partial charge in [0.1, 0.15) is 0 Å². The van der Waals surface area contributed by atoms with Crippen LogP contribution in [0.2, 0.25) is 0 Å². The average Bonchev–Trinajstić information content (AvgIpc) is 3.21. The molecule has 1 saturated carbocycles. The van der Waals surface area contributed by atoms with Gasteiger partial charge in [0.2, 0.25) is 0 Å². The molecule has 6 heteroatoms. The summed E-state index contributed by atoms with van der Waals surface area (Å²) in [7, 11) is 0. The highest BCUT2D eigenvalue weighted by atomic mass is 16.5. The number of urea groups is 1. The predicted molar refractivity (Wildman–Crippen MR) is 73.5 cm³/mol. The molecule has 0 aromatic carbocycles. The van der Waals surface area contributed by atoms with E-state index in [1.807, 2.05) is 13.8 Å². The molecule has 114 valence electrons. The van der Waals surface area contributed by atoms with Crippen molar-refractivity contribution in [3.8, 4) is 0 Å². The molecule has 0 aromatic rings. The summed E-state index contributed by atoms with van der Waals surface area (Å²) < 4.78 is 5.21. The molecule has 0 bridgehead atoms. The number of carbonyl (C=O) groups is 2. The first-order valence-corrected chi connectivity index (χ1v) is 7.23. The fraction of sp³-hybridized carbons (Fsp3) is 0.857. The van der Waals surface area contributed by atoms with Crippen molar-refractivity contribution in [2.45, 2.75) is 45.1 Å². The first-order valence-electron chi connectivity index (χ1n) is 7.23. The van der Waals surface area contributed by atoms with Gasteiger partial charge in [0, 0.05) is 25.3 Å². The summed E-state index contributed by atoms with van der Waals surface area (Å²) in [5.41, 5.74) is -1.12. The smallest absolute Gasteiger partial charge is 0.315 e. The molecule has 2 amide bonds. The standard InChI is InChI=1S/C14H24N2O4/c1-13(2,10-3-4-10)16-12(19)15-9-14(11(17)18)5-7-20-8-6-14/h10H,3-9H2,1-2H3,(H,17,18)(H2,15,16,19). The summed E-state index contributed by atoms with van der Waals surface area (Å²) in [6, 6.07) is -0.283. The molecule has 0 radical (unpaired) electrons. The molecule has 1 aliphatic carbocycles. The minimum absolute atomic E-state index is 0.151. The lowest BCUT2D eigenvalue weighted by atomic mass is 9.80. The lowest BCUT2D eigenvalue weighted by Crippen LogP contribution is -2.53. The second kappa shape index (κ2) is 5.60. The van der Waals surface area contributed by atoms with Gasteiger partial charge in [-0.05, 0) is 45.4 Å². The van der Waals surface area contributed by atoms with E-state index in [1.165, 1.54) is 0 Å². The molecule has 0 spiro atoms. The molecular weight excluding hydrogens is 260 g/mol. The van der Waals surface area contributed by atoms with Crippen LogP contribution in [0.1, 0.15) is 39.5 Å². The number of hydrogen-bond donors (Lipinski definition) is 3. The fourth-order valence-electron chi connectivity index (χ4n) is 2.72. The quantitative estimate of drug-likeness (QED) is 0.711. The number of ether oxygens (including phenoxy) is 1. The molecule has 2 fully saturated rings. The maximum absolute atomic E-state index is 12.0. The van der Waals surface area contributed by atoms with Crippen molar-refractivity contribution in [1.82, 2.24) is 10.6 Å². The van der Waals surface area contributed by atoms with Crippen LogP contribution in [0.15, 0.2) is 0 Å². The Morgan fingerprint density at radius 1 is 1.30 bits per heavy atom. The molecule has 0 aromatic heterocycles. The Balaban J connectivity index is 1.86. The van der Waals surface area contributed by atoms with E-state index in [0.717, 1.165) is 12.8 Å². The number of aliphatic carboxylic acids is 1. The van der Waals surface area contributed by atoms with E-state index in [-0.39, 0.29) is 18.1 Å². The number of rotatable bonds is 5. The first-order chi connectivity index (χ1) is 9.36. The van der Waals surface area contributed by atoms with E-state index in [1.54, 1.807) is 0 Å². The lowest BCUT2D eigenvalue weighted by molar-refractivity contribution is -0.154. The highest BCUT2D eigenvalue weighted by Gasteiger charge is 2.42. The van der Waals surface area contributed by atoms with Crippen LogP contribution >= 0.6 is 0 Å². The number of carbonyl (C=O) groups excluding carboxylic acids is 1. The predicted octanol–water partition coefficient (Wildman–Crippen LogP) is 1.36. The summed E-state index contributed by atoms with van der Waals surface area (Å²) >= 11 is 0. The third-order valence-corrected chi connectivity index (χ3v) is 4.52. The van der Waals surface area contributed by atoms with Gasteiger partial charge in [-0.15, -0.1) is 0 Å². The van der Waals surface area contributed by atoms with E-state index in [2.05, 4.69) is 10.6 Å². The van der Waals surface area contributed by atoms with Crippen molar-refractivity contribution >= 4 is 12.0 Å². The Bertz CT molecular complexity index is 385. The van der Waals surface area contributed by atoms with Gasteiger partial charge >= 0.3 is 12.0 Å². The lowest BCUT2D eigenvalue weighted by Gasteiger charge is -2.34.